The average molecular weight is 426 g/mol. The van der Waals surface area contributed by atoms with Gasteiger partial charge in [-0.25, -0.2) is 0 Å². The number of likely N-dealkylation sites (tertiary alicyclic amines) is 1. The minimum Gasteiger partial charge on any atom is -0.338 e. The number of aryl methyl sites for hydroxylation is 1. The molecule has 0 atom stereocenters. The van der Waals surface area contributed by atoms with Gasteiger partial charge in [0.1, 0.15) is 5.56 Å². The topological polar surface area (TPSA) is 73.5 Å². The third-order valence-electron chi connectivity index (χ3n) is 6.72. The predicted molar refractivity (Wildman–Crippen MR) is 116 cm³/mol. The number of nitrogens with zero attached hydrogens (tertiary/aromatic N) is 2. The van der Waals surface area contributed by atoms with Crippen LogP contribution in [0.25, 0.3) is 0 Å². The molecular formula is C23H27N3O3S. The lowest BCUT2D eigenvalue weighted by Crippen LogP contribution is -2.42. The first kappa shape index (κ1) is 19.5. The number of fused-ring (bicyclic) bond motifs is 2. The summed E-state index contributed by atoms with van der Waals surface area (Å²) >= 11 is 1.71. The van der Waals surface area contributed by atoms with E-state index in [2.05, 4.69) is 4.98 Å². The number of piperidine rings is 1. The molecule has 2 aromatic rings. The van der Waals surface area contributed by atoms with Crippen LogP contribution in [0.1, 0.15) is 74.4 Å². The number of aromatic nitrogens is 1. The Bertz CT molecular complexity index is 1050. The van der Waals surface area contributed by atoms with Gasteiger partial charge in [0.05, 0.1) is 5.56 Å². The molecule has 6 nitrogen and oxygen atoms in total. The Kier molecular flexibility index (Phi) is 5.23. The van der Waals surface area contributed by atoms with Crippen molar-refractivity contribution >= 4 is 23.2 Å². The molecule has 0 bridgehead atoms. The largest absolute Gasteiger partial charge is 0.338 e. The number of pyridine rings is 1. The molecule has 4 heterocycles. The van der Waals surface area contributed by atoms with Crippen LogP contribution in [0.15, 0.2) is 16.4 Å². The summed E-state index contributed by atoms with van der Waals surface area (Å²) in [5.41, 5.74) is 3.78. The Morgan fingerprint density at radius 1 is 0.867 bits per heavy atom. The Labute approximate surface area is 179 Å². The molecule has 30 heavy (non-hydrogen) atoms. The first-order chi connectivity index (χ1) is 14.6. The van der Waals surface area contributed by atoms with Gasteiger partial charge in [-0.1, -0.05) is 0 Å². The molecule has 2 aliphatic heterocycles. The van der Waals surface area contributed by atoms with Crippen LogP contribution in [0.5, 0.6) is 0 Å². The normalized spacial score (nSPS) is 18.7. The maximum atomic E-state index is 13.3. The van der Waals surface area contributed by atoms with Gasteiger partial charge in [-0.3, -0.25) is 14.4 Å². The summed E-state index contributed by atoms with van der Waals surface area (Å²) in [6.07, 6.45) is 9.79. The zero-order valence-corrected chi connectivity index (χ0v) is 18.0. The lowest BCUT2D eigenvalue weighted by Gasteiger charge is -2.32. The number of hydrogen-bond acceptors (Lipinski definition) is 4. The van der Waals surface area contributed by atoms with Crippen LogP contribution in [-0.2, 0) is 25.8 Å². The molecular weight excluding hydrogens is 398 g/mol. The van der Waals surface area contributed by atoms with Crippen molar-refractivity contribution in [2.24, 2.45) is 0 Å². The van der Waals surface area contributed by atoms with Crippen LogP contribution < -0.4 is 5.56 Å². The lowest BCUT2D eigenvalue weighted by atomic mass is 9.93. The van der Waals surface area contributed by atoms with Crippen LogP contribution in [0.2, 0.25) is 0 Å². The van der Waals surface area contributed by atoms with Crippen LogP contribution in [0.3, 0.4) is 0 Å². The standard InChI is InChI=1S/C23H27N3O3S/c27-21-20(23(29)25-9-4-1-5-10-25)16-8-11-26(13-15(16)12-24-21)22(28)18-14-30-19-7-3-2-6-17(18)19/h12,14H,1-11,13H2,(H,24,27). The number of amides is 2. The number of carbonyl (C=O) groups is 2. The molecule has 0 radical (unpaired) electrons. The highest BCUT2D eigenvalue weighted by Gasteiger charge is 2.31. The maximum absolute atomic E-state index is 13.3. The Morgan fingerprint density at radius 3 is 2.50 bits per heavy atom. The molecule has 2 aromatic heterocycles. The van der Waals surface area contributed by atoms with E-state index in [1.165, 1.54) is 16.9 Å². The summed E-state index contributed by atoms with van der Waals surface area (Å²) in [7, 11) is 0. The van der Waals surface area contributed by atoms with E-state index in [4.69, 9.17) is 0 Å². The third-order valence-corrected chi connectivity index (χ3v) is 7.81. The van der Waals surface area contributed by atoms with Gasteiger partial charge in [0.2, 0.25) is 0 Å². The molecule has 5 rings (SSSR count). The number of H-pyrrole nitrogens is 1. The van der Waals surface area contributed by atoms with E-state index in [-0.39, 0.29) is 22.9 Å². The van der Waals surface area contributed by atoms with Gasteiger partial charge in [-0.05, 0) is 68.1 Å². The molecule has 0 saturated carbocycles. The van der Waals surface area contributed by atoms with Crippen molar-refractivity contribution in [2.45, 2.75) is 57.9 Å². The van der Waals surface area contributed by atoms with E-state index >= 15 is 0 Å². The summed E-state index contributed by atoms with van der Waals surface area (Å²) in [6, 6.07) is 0. The number of carbonyl (C=O) groups excluding carboxylic acids is 2. The van der Waals surface area contributed by atoms with E-state index in [0.717, 1.165) is 68.3 Å². The van der Waals surface area contributed by atoms with Crippen molar-refractivity contribution in [3.05, 3.63) is 54.6 Å². The van der Waals surface area contributed by atoms with E-state index in [9.17, 15) is 14.4 Å². The van der Waals surface area contributed by atoms with Gasteiger partial charge in [-0.15, -0.1) is 11.3 Å². The van der Waals surface area contributed by atoms with Gasteiger partial charge < -0.3 is 14.8 Å². The second kappa shape index (κ2) is 8.02. The smallest absolute Gasteiger partial charge is 0.261 e. The van der Waals surface area contributed by atoms with Crippen LogP contribution >= 0.6 is 11.3 Å². The molecule has 158 valence electrons. The van der Waals surface area contributed by atoms with E-state index in [0.29, 0.717) is 19.5 Å². The highest BCUT2D eigenvalue weighted by molar-refractivity contribution is 7.10. The van der Waals surface area contributed by atoms with Crippen LogP contribution in [0.4, 0.5) is 0 Å². The number of aromatic amines is 1. The molecule has 7 heteroatoms. The molecule has 1 aliphatic carbocycles. The predicted octanol–water partition coefficient (Wildman–Crippen LogP) is 3.14. The van der Waals surface area contributed by atoms with E-state index in [1.54, 1.807) is 17.5 Å². The van der Waals surface area contributed by atoms with E-state index in [1.807, 2.05) is 15.2 Å². The van der Waals surface area contributed by atoms with Gasteiger partial charge in [0, 0.05) is 42.6 Å². The first-order valence-electron chi connectivity index (χ1n) is 11.0. The summed E-state index contributed by atoms with van der Waals surface area (Å²) in [4.78, 5) is 46.7. The van der Waals surface area contributed by atoms with Crippen LogP contribution in [0, 0.1) is 0 Å². The molecule has 2 amide bonds. The zero-order valence-electron chi connectivity index (χ0n) is 17.2. The quantitative estimate of drug-likeness (QED) is 0.803. The second-order valence-electron chi connectivity index (χ2n) is 8.58. The number of rotatable bonds is 2. The lowest BCUT2D eigenvalue weighted by molar-refractivity contribution is 0.0717. The summed E-state index contributed by atoms with van der Waals surface area (Å²) in [5.74, 6) is -0.0744. The van der Waals surface area contributed by atoms with Crippen molar-refractivity contribution in [3.8, 4) is 0 Å². The second-order valence-corrected chi connectivity index (χ2v) is 9.55. The minimum absolute atomic E-state index is 0.0788. The maximum Gasteiger partial charge on any atom is 0.261 e. The molecule has 0 spiro atoms. The number of hydrogen-bond donors (Lipinski definition) is 1. The fourth-order valence-electron chi connectivity index (χ4n) is 5.07. The molecule has 0 aromatic carbocycles. The SMILES string of the molecule is O=C(c1csc2c1CCCC2)N1CCc2c(c[nH]c(=O)c2C(=O)N2CCCCC2)C1. The van der Waals surface area contributed by atoms with E-state index < -0.39 is 0 Å². The highest BCUT2D eigenvalue weighted by Crippen LogP contribution is 2.32. The van der Waals surface area contributed by atoms with Crippen molar-refractivity contribution in [1.82, 2.24) is 14.8 Å². The summed E-state index contributed by atoms with van der Waals surface area (Å²) < 4.78 is 0. The van der Waals surface area contributed by atoms with Gasteiger partial charge >= 0.3 is 0 Å². The third kappa shape index (κ3) is 3.39. The van der Waals surface area contributed by atoms with Gasteiger partial charge in [0.15, 0.2) is 0 Å². The molecule has 3 aliphatic rings. The minimum atomic E-state index is -0.309. The summed E-state index contributed by atoms with van der Waals surface area (Å²) in [6.45, 7) is 2.42. The van der Waals surface area contributed by atoms with Crippen LogP contribution in [-0.4, -0.2) is 46.2 Å². The summed E-state index contributed by atoms with van der Waals surface area (Å²) in [5, 5.41) is 2.02. The fraction of sp³-hybridized carbons (Fsp3) is 0.522. The van der Waals surface area contributed by atoms with Crippen molar-refractivity contribution in [2.75, 3.05) is 19.6 Å². The molecule has 1 N–H and O–H groups in total. The molecule has 1 fully saturated rings. The fourth-order valence-corrected chi connectivity index (χ4v) is 6.19. The Balaban J connectivity index is 1.41. The molecule has 1 saturated heterocycles. The number of thiophene rings is 1. The number of nitrogens with one attached hydrogen (secondary N) is 1. The van der Waals surface area contributed by atoms with Gasteiger partial charge in [0.25, 0.3) is 17.4 Å². The molecule has 0 unspecified atom stereocenters. The average Bonchev–Trinajstić information content (AvgIpc) is 3.22. The highest BCUT2D eigenvalue weighted by atomic mass is 32.1. The van der Waals surface area contributed by atoms with Crippen molar-refractivity contribution < 1.29 is 9.59 Å². The zero-order chi connectivity index (χ0) is 20.7. The first-order valence-corrected chi connectivity index (χ1v) is 11.9. The Morgan fingerprint density at radius 2 is 1.67 bits per heavy atom. The van der Waals surface area contributed by atoms with Gasteiger partial charge in [-0.2, -0.15) is 0 Å². The van der Waals surface area contributed by atoms with Crippen molar-refractivity contribution in [3.63, 3.8) is 0 Å². The Hall–Kier alpha value is -2.41. The van der Waals surface area contributed by atoms with Crippen molar-refractivity contribution in [1.29, 1.82) is 0 Å². The monoisotopic (exact) mass is 425 g/mol.